The molecule has 0 bridgehead atoms. The Morgan fingerprint density at radius 3 is 2.80 bits per heavy atom. The molecule has 2 nitrogen and oxygen atoms in total. The number of fused-ring (bicyclic) bond motifs is 1. The fraction of sp³-hybridized carbons (Fsp3) is 0.182. The first kappa shape index (κ1) is 10.4. The number of benzene rings is 1. The van der Waals surface area contributed by atoms with E-state index in [0.717, 1.165) is 12.1 Å². The second-order valence-electron chi connectivity index (χ2n) is 3.32. The molecular formula is C11H9BrFNO. The van der Waals surface area contributed by atoms with Crippen molar-refractivity contribution in [2.24, 2.45) is 0 Å². The van der Waals surface area contributed by atoms with Gasteiger partial charge >= 0.3 is 0 Å². The first-order valence-corrected chi connectivity index (χ1v) is 5.42. The van der Waals surface area contributed by atoms with E-state index in [4.69, 9.17) is 0 Å². The molecule has 1 aromatic heterocycles. The highest BCUT2D eigenvalue weighted by atomic mass is 79.9. The van der Waals surface area contributed by atoms with Crippen LogP contribution < -0.4 is 5.43 Å². The summed E-state index contributed by atoms with van der Waals surface area (Å²) in [6, 6.07) is 4.38. The molecule has 2 rings (SSSR count). The van der Waals surface area contributed by atoms with Gasteiger partial charge in [0.15, 0.2) is 5.43 Å². The van der Waals surface area contributed by atoms with Gasteiger partial charge in [0, 0.05) is 17.1 Å². The van der Waals surface area contributed by atoms with E-state index < -0.39 is 0 Å². The minimum Gasteiger partial charge on any atom is -0.358 e. The summed E-state index contributed by atoms with van der Waals surface area (Å²) in [5, 5.41) is 0.500. The fourth-order valence-electron chi connectivity index (χ4n) is 1.49. The van der Waals surface area contributed by atoms with Crippen LogP contribution in [0.25, 0.3) is 10.9 Å². The van der Waals surface area contributed by atoms with Crippen molar-refractivity contribution in [2.75, 3.05) is 0 Å². The van der Waals surface area contributed by atoms with Crippen molar-refractivity contribution in [3.8, 4) is 0 Å². The largest absolute Gasteiger partial charge is 0.358 e. The lowest BCUT2D eigenvalue weighted by Gasteiger charge is -2.03. The molecule has 0 saturated carbocycles. The summed E-state index contributed by atoms with van der Waals surface area (Å²) < 4.78 is 13.6. The molecule has 0 aliphatic carbocycles. The van der Waals surface area contributed by atoms with Gasteiger partial charge in [-0.3, -0.25) is 4.79 Å². The van der Waals surface area contributed by atoms with Gasteiger partial charge in [-0.15, -0.1) is 0 Å². The molecule has 0 radical (unpaired) electrons. The first-order valence-electron chi connectivity index (χ1n) is 4.62. The number of aromatic nitrogens is 1. The normalized spacial score (nSPS) is 10.9. The number of aromatic amines is 1. The third-order valence-corrected chi connectivity index (χ3v) is 2.92. The van der Waals surface area contributed by atoms with Gasteiger partial charge in [-0.25, -0.2) is 4.39 Å². The molecule has 0 atom stereocenters. The lowest BCUT2D eigenvalue weighted by atomic mass is 10.2. The Kier molecular flexibility index (Phi) is 2.61. The molecule has 2 aromatic rings. The van der Waals surface area contributed by atoms with Crippen molar-refractivity contribution in [1.29, 1.82) is 0 Å². The lowest BCUT2D eigenvalue weighted by Crippen LogP contribution is -2.05. The van der Waals surface area contributed by atoms with Crippen LogP contribution >= 0.6 is 15.9 Å². The average Bonchev–Trinajstić information content (AvgIpc) is 2.21. The molecule has 0 amide bonds. The van der Waals surface area contributed by atoms with Gasteiger partial charge < -0.3 is 4.98 Å². The van der Waals surface area contributed by atoms with E-state index in [2.05, 4.69) is 20.9 Å². The second-order valence-corrected chi connectivity index (χ2v) is 4.18. The van der Waals surface area contributed by atoms with E-state index >= 15 is 0 Å². The highest BCUT2D eigenvalue weighted by Gasteiger charge is 2.06. The number of halogens is 2. The number of H-pyrrole nitrogens is 1. The molecule has 0 saturated heterocycles. The fourth-order valence-corrected chi connectivity index (χ4v) is 1.83. The van der Waals surface area contributed by atoms with Crippen LogP contribution in [-0.2, 0) is 6.42 Å². The zero-order valence-electron chi connectivity index (χ0n) is 8.10. The summed E-state index contributed by atoms with van der Waals surface area (Å²) in [5.74, 6) is -0.369. The van der Waals surface area contributed by atoms with Gasteiger partial charge in [-0.2, -0.15) is 0 Å². The predicted molar refractivity (Wildman–Crippen MR) is 61.6 cm³/mol. The minimum atomic E-state index is -0.369. The molecule has 78 valence electrons. The van der Waals surface area contributed by atoms with Crippen LogP contribution in [0.15, 0.2) is 27.5 Å². The molecule has 1 heterocycles. The predicted octanol–water partition coefficient (Wildman–Crippen LogP) is 2.99. The molecule has 0 spiro atoms. The zero-order valence-corrected chi connectivity index (χ0v) is 9.69. The van der Waals surface area contributed by atoms with Gasteiger partial charge in [0.1, 0.15) is 5.82 Å². The monoisotopic (exact) mass is 269 g/mol. The molecule has 0 aliphatic rings. The summed E-state index contributed by atoms with van der Waals surface area (Å²) in [6.07, 6.45) is 0.725. The van der Waals surface area contributed by atoms with Crippen molar-refractivity contribution in [3.05, 3.63) is 44.4 Å². The topological polar surface area (TPSA) is 32.9 Å². The van der Waals surface area contributed by atoms with Crippen LogP contribution in [0.3, 0.4) is 0 Å². The third-order valence-electron chi connectivity index (χ3n) is 2.31. The Morgan fingerprint density at radius 2 is 2.13 bits per heavy atom. The van der Waals surface area contributed by atoms with E-state index in [-0.39, 0.29) is 11.2 Å². The molecule has 15 heavy (non-hydrogen) atoms. The van der Waals surface area contributed by atoms with Crippen LogP contribution in [0.5, 0.6) is 0 Å². The van der Waals surface area contributed by atoms with Gasteiger partial charge in [0.05, 0.1) is 9.99 Å². The molecule has 0 unspecified atom stereocenters. The second kappa shape index (κ2) is 3.77. The molecule has 0 fully saturated rings. The van der Waals surface area contributed by atoms with Gasteiger partial charge in [0.25, 0.3) is 0 Å². The molecule has 0 aliphatic heterocycles. The third kappa shape index (κ3) is 1.81. The smallest absolute Gasteiger partial charge is 0.189 e. The van der Waals surface area contributed by atoms with Crippen molar-refractivity contribution in [3.63, 3.8) is 0 Å². The van der Waals surface area contributed by atoms with E-state index in [1.54, 1.807) is 6.07 Å². The Labute approximate surface area is 94.3 Å². The van der Waals surface area contributed by atoms with Crippen molar-refractivity contribution in [2.45, 2.75) is 13.3 Å². The molecule has 4 heteroatoms. The summed E-state index contributed by atoms with van der Waals surface area (Å²) in [4.78, 5) is 14.7. The lowest BCUT2D eigenvalue weighted by molar-refractivity contribution is 0.622. The van der Waals surface area contributed by atoms with E-state index in [9.17, 15) is 9.18 Å². The standard InChI is InChI=1S/C11H9BrFNO/c1-2-6-3-11(15)7-4-8(12)9(13)5-10(7)14-6/h3-5H,2H2,1H3,(H,14,15). The van der Waals surface area contributed by atoms with Crippen LogP contribution in [0, 0.1) is 5.82 Å². The van der Waals surface area contributed by atoms with Crippen LogP contribution in [0.2, 0.25) is 0 Å². The summed E-state index contributed by atoms with van der Waals surface area (Å²) in [5.41, 5.74) is 1.27. The van der Waals surface area contributed by atoms with Gasteiger partial charge in [0.2, 0.25) is 0 Å². The summed E-state index contributed by atoms with van der Waals surface area (Å²) >= 11 is 3.06. The Hall–Kier alpha value is -1.16. The van der Waals surface area contributed by atoms with E-state index in [0.29, 0.717) is 15.4 Å². The highest BCUT2D eigenvalue weighted by molar-refractivity contribution is 9.10. The number of hydrogen-bond acceptors (Lipinski definition) is 1. The Balaban J connectivity index is 2.86. The highest BCUT2D eigenvalue weighted by Crippen LogP contribution is 2.20. The van der Waals surface area contributed by atoms with Crippen LogP contribution in [0.4, 0.5) is 4.39 Å². The maximum absolute atomic E-state index is 13.2. The number of pyridine rings is 1. The number of rotatable bonds is 1. The van der Waals surface area contributed by atoms with Crippen LogP contribution in [-0.4, -0.2) is 4.98 Å². The van der Waals surface area contributed by atoms with Gasteiger partial charge in [-0.05, 0) is 34.5 Å². The van der Waals surface area contributed by atoms with Gasteiger partial charge in [-0.1, -0.05) is 6.92 Å². The SMILES string of the molecule is CCc1cc(=O)c2cc(Br)c(F)cc2[nH]1. The summed E-state index contributed by atoms with van der Waals surface area (Å²) in [7, 11) is 0. The number of aryl methyl sites for hydroxylation is 1. The maximum atomic E-state index is 13.2. The molecule has 1 aromatic carbocycles. The van der Waals surface area contributed by atoms with Crippen molar-refractivity contribution >= 4 is 26.8 Å². The Morgan fingerprint density at radius 1 is 1.40 bits per heavy atom. The quantitative estimate of drug-likeness (QED) is 0.848. The van der Waals surface area contributed by atoms with Crippen molar-refractivity contribution < 1.29 is 4.39 Å². The number of hydrogen-bond donors (Lipinski definition) is 1. The average molecular weight is 270 g/mol. The van der Waals surface area contributed by atoms with E-state index in [1.807, 2.05) is 6.92 Å². The zero-order chi connectivity index (χ0) is 11.0. The molecule has 1 N–H and O–H groups in total. The number of nitrogens with one attached hydrogen (secondary N) is 1. The van der Waals surface area contributed by atoms with E-state index in [1.165, 1.54) is 12.1 Å². The minimum absolute atomic E-state index is 0.0821. The Bertz CT molecular complexity index is 577. The first-order chi connectivity index (χ1) is 7.11. The van der Waals surface area contributed by atoms with Crippen LogP contribution in [0.1, 0.15) is 12.6 Å². The van der Waals surface area contributed by atoms with Crippen molar-refractivity contribution in [1.82, 2.24) is 4.98 Å². The maximum Gasteiger partial charge on any atom is 0.189 e. The molecular weight excluding hydrogens is 261 g/mol. The summed E-state index contributed by atoms with van der Waals surface area (Å²) in [6.45, 7) is 1.94.